The first-order chi connectivity index (χ1) is 13.2. The van der Waals surface area contributed by atoms with Crippen LogP contribution in [0.1, 0.15) is 17.0 Å². The summed E-state index contributed by atoms with van der Waals surface area (Å²) in [5.74, 6) is 1.24. The van der Waals surface area contributed by atoms with E-state index in [4.69, 9.17) is 22.1 Å². The van der Waals surface area contributed by atoms with Crippen LogP contribution >= 0.6 is 11.6 Å². The number of nitrogens with one attached hydrogen (secondary N) is 1. The summed E-state index contributed by atoms with van der Waals surface area (Å²) in [7, 11) is 0. The minimum absolute atomic E-state index is 0.488. The van der Waals surface area contributed by atoms with E-state index in [1.807, 2.05) is 59.6 Å². The molecule has 1 aliphatic rings. The van der Waals surface area contributed by atoms with Gasteiger partial charge in [0.05, 0.1) is 37.3 Å². The summed E-state index contributed by atoms with van der Waals surface area (Å²) in [5, 5.41) is 7.14. The Balaban J connectivity index is 1.56. The normalized spacial score (nSPS) is 15.7. The van der Waals surface area contributed by atoms with E-state index in [0.29, 0.717) is 24.1 Å². The molecule has 3 aromatic rings. The number of rotatable bonds is 4. The summed E-state index contributed by atoms with van der Waals surface area (Å²) in [6, 6.07) is 13.5. The Morgan fingerprint density at radius 3 is 2.81 bits per heavy atom. The maximum atomic E-state index is 6.18. The second-order valence-electron chi connectivity index (χ2n) is 6.26. The molecule has 0 saturated carbocycles. The molecule has 0 amide bonds. The average Bonchev–Trinajstić information content (AvgIpc) is 3.10. The quantitative estimate of drug-likeness (QED) is 0.536. The number of nitrogens with two attached hydrogens (primary N) is 1. The number of imidazole rings is 1. The summed E-state index contributed by atoms with van der Waals surface area (Å²) in [5.41, 5.74) is 9.77. The number of morpholine rings is 1. The van der Waals surface area contributed by atoms with Gasteiger partial charge >= 0.3 is 0 Å². The number of amidine groups is 1. The summed E-state index contributed by atoms with van der Waals surface area (Å²) >= 11 is 6.18. The minimum atomic E-state index is 0.488. The number of nitrogens with zero attached hydrogens (tertiary/aromatic N) is 3. The lowest BCUT2D eigenvalue weighted by molar-refractivity contribution is 0.0393. The predicted octanol–water partition coefficient (Wildman–Crippen LogP) is 3.34. The van der Waals surface area contributed by atoms with Crippen molar-refractivity contribution in [1.29, 1.82) is 0 Å². The minimum Gasteiger partial charge on any atom is -0.382 e. The van der Waals surface area contributed by atoms with Crippen molar-refractivity contribution in [2.75, 3.05) is 26.3 Å². The number of hydrazone groups is 1. The molecule has 1 aliphatic heterocycles. The van der Waals surface area contributed by atoms with E-state index >= 15 is 0 Å². The van der Waals surface area contributed by atoms with Crippen molar-refractivity contribution in [2.24, 2.45) is 10.8 Å². The Morgan fingerprint density at radius 2 is 2.00 bits per heavy atom. The van der Waals surface area contributed by atoms with E-state index in [1.165, 1.54) is 0 Å². The van der Waals surface area contributed by atoms with Crippen molar-refractivity contribution in [3.8, 4) is 0 Å². The molecule has 3 N–H and O–H groups in total. The van der Waals surface area contributed by atoms with E-state index < -0.39 is 0 Å². The molecule has 2 heterocycles. The van der Waals surface area contributed by atoms with Gasteiger partial charge in [-0.25, -0.2) is 4.98 Å². The van der Waals surface area contributed by atoms with Crippen molar-refractivity contribution in [2.45, 2.75) is 0 Å². The second-order valence-corrected chi connectivity index (χ2v) is 6.67. The lowest BCUT2D eigenvalue weighted by atomic mass is 10.2. The van der Waals surface area contributed by atoms with E-state index in [0.717, 1.165) is 41.1 Å². The number of hydrogen-bond acceptors (Lipinski definition) is 4. The molecule has 0 atom stereocenters. The third kappa shape index (κ3) is 4.13. The average molecular weight is 382 g/mol. The van der Waals surface area contributed by atoms with Crippen LogP contribution in [-0.2, 0) is 4.74 Å². The van der Waals surface area contributed by atoms with Gasteiger partial charge in [-0.05, 0) is 42.0 Å². The van der Waals surface area contributed by atoms with Crippen LogP contribution in [-0.4, -0.2) is 47.1 Å². The monoisotopic (exact) mass is 381 g/mol. The zero-order valence-corrected chi connectivity index (χ0v) is 15.5. The molecular weight excluding hydrogens is 362 g/mol. The third-order valence-corrected chi connectivity index (χ3v) is 4.70. The van der Waals surface area contributed by atoms with Gasteiger partial charge in [0, 0.05) is 10.6 Å². The Labute approximate surface area is 162 Å². The molecule has 7 heteroatoms. The predicted molar refractivity (Wildman–Crippen MR) is 110 cm³/mol. The van der Waals surface area contributed by atoms with Gasteiger partial charge < -0.3 is 15.5 Å². The highest BCUT2D eigenvalue weighted by molar-refractivity contribution is 6.32. The zero-order chi connectivity index (χ0) is 18.6. The van der Waals surface area contributed by atoms with Gasteiger partial charge in [0.2, 0.25) is 0 Å². The molecule has 0 bridgehead atoms. The number of aromatic nitrogens is 2. The van der Waals surface area contributed by atoms with Gasteiger partial charge in [0.25, 0.3) is 0 Å². The Kier molecular flexibility index (Phi) is 5.09. The number of benzene rings is 2. The number of aromatic amines is 1. The maximum Gasteiger partial charge on any atom is 0.150 e. The number of ether oxygens (including phenoxy) is 1. The maximum absolute atomic E-state index is 6.18. The lowest BCUT2D eigenvalue weighted by Gasteiger charge is -2.24. The largest absolute Gasteiger partial charge is 0.382 e. The first kappa shape index (κ1) is 17.6. The molecule has 6 nitrogen and oxygen atoms in total. The van der Waals surface area contributed by atoms with Crippen molar-refractivity contribution in [1.82, 2.24) is 15.0 Å². The van der Waals surface area contributed by atoms with Crippen molar-refractivity contribution >= 4 is 40.6 Å². The van der Waals surface area contributed by atoms with Crippen molar-refractivity contribution < 1.29 is 4.74 Å². The summed E-state index contributed by atoms with van der Waals surface area (Å²) in [6.45, 7) is 2.86. The smallest absolute Gasteiger partial charge is 0.150 e. The van der Waals surface area contributed by atoms with E-state index in [-0.39, 0.29) is 0 Å². The molecule has 138 valence electrons. The van der Waals surface area contributed by atoms with Gasteiger partial charge in [0.1, 0.15) is 5.82 Å². The molecule has 27 heavy (non-hydrogen) atoms. The van der Waals surface area contributed by atoms with Crippen LogP contribution in [0.25, 0.3) is 23.2 Å². The fourth-order valence-corrected chi connectivity index (χ4v) is 3.11. The van der Waals surface area contributed by atoms with Crippen LogP contribution in [0.2, 0.25) is 5.02 Å². The van der Waals surface area contributed by atoms with Crippen LogP contribution in [0, 0.1) is 0 Å². The zero-order valence-electron chi connectivity index (χ0n) is 14.7. The molecule has 4 rings (SSSR count). The molecule has 1 fully saturated rings. The fraction of sp³-hybridized carbons (Fsp3) is 0.200. The SMILES string of the molecule is N/C(=N/N1CCOCC1)c1ccc2nc(/C=C\c3ccccc3Cl)[nH]c2c1. The summed E-state index contributed by atoms with van der Waals surface area (Å²) < 4.78 is 5.33. The lowest BCUT2D eigenvalue weighted by Crippen LogP contribution is -2.34. The van der Waals surface area contributed by atoms with E-state index in [1.54, 1.807) is 0 Å². The van der Waals surface area contributed by atoms with E-state index in [9.17, 15) is 0 Å². The number of hydrogen-bond donors (Lipinski definition) is 2. The molecule has 0 radical (unpaired) electrons. The number of H-pyrrole nitrogens is 1. The second kappa shape index (κ2) is 7.82. The van der Waals surface area contributed by atoms with Crippen molar-refractivity contribution in [3.05, 3.63) is 64.4 Å². The molecule has 2 aromatic carbocycles. The Bertz CT molecular complexity index is 1000. The molecule has 0 unspecified atom stereocenters. The molecular formula is C20H20ClN5O. The van der Waals surface area contributed by atoms with Crippen LogP contribution in [0.3, 0.4) is 0 Å². The molecule has 0 aliphatic carbocycles. The van der Waals surface area contributed by atoms with Gasteiger partial charge in [-0.15, -0.1) is 0 Å². The van der Waals surface area contributed by atoms with Gasteiger partial charge in [-0.2, -0.15) is 5.10 Å². The Morgan fingerprint density at radius 1 is 1.19 bits per heavy atom. The van der Waals surface area contributed by atoms with Crippen LogP contribution in [0.4, 0.5) is 0 Å². The van der Waals surface area contributed by atoms with E-state index in [2.05, 4.69) is 15.1 Å². The first-order valence-electron chi connectivity index (χ1n) is 8.78. The molecule has 1 saturated heterocycles. The Hall–Kier alpha value is -2.83. The highest BCUT2D eigenvalue weighted by Crippen LogP contribution is 2.19. The summed E-state index contributed by atoms with van der Waals surface area (Å²) in [4.78, 5) is 7.88. The van der Waals surface area contributed by atoms with Gasteiger partial charge in [-0.3, -0.25) is 5.01 Å². The highest BCUT2D eigenvalue weighted by atomic mass is 35.5. The summed E-state index contributed by atoms with van der Waals surface area (Å²) in [6.07, 6.45) is 3.85. The third-order valence-electron chi connectivity index (χ3n) is 4.36. The molecule has 1 aromatic heterocycles. The number of fused-ring (bicyclic) bond motifs is 1. The standard InChI is InChI=1S/C20H20ClN5O/c21-16-4-2-1-3-14(16)6-8-19-23-17-7-5-15(13-18(17)24-19)20(22)25-26-9-11-27-12-10-26/h1-8,13H,9-12H2,(H2,22,25)(H,23,24)/b8-6-. The van der Waals surface area contributed by atoms with Gasteiger partial charge in [-0.1, -0.05) is 29.8 Å². The highest BCUT2D eigenvalue weighted by Gasteiger charge is 2.10. The molecule has 0 spiro atoms. The number of halogens is 1. The van der Waals surface area contributed by atoms with Gasteiger partial charge in [0.15, 0.2) is 5.84 Å². The van der Waals surface area contributed by atoms with Crippen LogP contribution in [0.5, 0.6) is 0 Å². The fourth-order valence-electron chi connectivity index (χ4n) is 2.91. The van der Waals surface area contributed by atoms with Crippen LogP contribution in [0.15, 0.2) is 47.6 Å². The van der Waals surface area contributed by atoms with Crippen LogP contribution < -0.4 is 5.73 Å². The first-order valence-corrected chi connectivity index (χ1v) is 9.16. The van der Waals surface area contributed by atoms with Crippen molar-refractivity contribution in [3.63, 3.8) is 0 Å². The topological polar surface area (TPSA) is 79.5 Å².